The Kier molecular flexibility index (Phi) is 5.28. The van der Waals surface area contributed by atoms with E-state index in [1.807, 2.05) is 42.6 Å². The quantitative estimate of drug-likeness (QED) is 0.686. The summed E-state index contributed by atoms with van der Waals surface area (Å²) >= 11 is 0. The minimum Gasteiger partial charge on any atom is -0.368 e. The van der Waals surface area contributed by atoms with E-state index in [9.17, 15) is 9.59 Å². The number of benzene rings is 2. The molecule has 2 aromatic carbocycles. The molecular weight excluding hydrogens is 352 g/mol. The molecule has 6 nitrogen and oxygen atoms in total. The van der Waals surface area contributed by atoms with E-state index in [0.29, 0.717) is 26.1 Å². The van der Waals surface area contributed by atoms with Crippen molar-refractivity contribution in [2.24, 2.45) is 0 Å². The van der Waals surface area contributed by atoms with Crippen LogP contribution in [-0.2, 0) is 16.0 Å². The molecule has 144 valence electrons. The van der Waals surface area contributed by atoms with Gasteiger partial charge in [0.25, 0.3) is 0 Å². The van der Waals surface area contributed by atoms with E-state index in [0.717, 1.165) is 35.2 Å². The van der Waals surface area contributed by atoms with Crippen LogP contribution in [0.15, 0.2) is 60.8 Å². The van der Waals surface area contributed by atoms with E-state index in [-0.39, 0.29) is 0 Å². The van der Waals surface area contributed by atoms with Crippen LogP contribution in [0, 0.1) is 0 Å². The highest BCUT2D eigenvalue weighted by atomic mass is 16.2. The van der Waals surface area contributed by atoms with E-state index >= 15 is 0 Å². The molecule has 28 heavy (non-hydrogen) atoms. The fourth-order valence-corrected chi connectivity index (χ4v) is 3.67. The molecule has 1 fully saturated rings. The molecule has 1 saturated heterocycles. The van der Waals surface area contributed by atoms with Gasteiger partial charge in [0.1, 0.15) is 0 Å². The number of fused-ring (bicyclic) bond motifs is 1. The van der Waals surface area contributed by atoms with Gasteiger partial charge in [-0.25, -0.2) is 0 Å². The second-order valence-corrected chi connectivity index (χ2v) is 6.98. The number of carbonyl (C=O) groups is 2. The molecule has 2 heterocycles. The SMILES string of the molecule is O=C(NCCc1c[nH]c2ccccc12)C(=O)N1CCN(c2ccccc2)CC1. The Bertz CT molecular complexity index is 959. The third kappa shape index (κ3) is 3.86. The number of aromatic nitrogens is 1. The highest BCUT2D eigenvalue weighted by molar-refractivity contribution is 6.35. The highest BCUT2D eigenvalue weighted by Gasteiger charge is 2.25. The summed E-state index contributed by atoms with van der Waals surface area (Å²) in [6.45, 7) is 3.03. The Labute approximate surface area is 164 Å². The Hall–Kier alpha value is -3.28. The number of aromatic amines is 1. The monoisotopic (exact) mass is 376 g/mol. The first-order chi connectivity index (χ1) is 13.7. The number of rotatable bonds is 4. The molecule has 0 spiro atoms. The Morgan fingerprint density at radius 1 is 0.929 bits per heavy atom. The van der Waals surface area contributed by atoms with Gasteiger partial charge in [0.15, 0.2) is 0 Å². The number of hydrogen-bond donors (Lipinski definition) is 2. The van der Waals surface area contributed by atoms with Gasteiger partial charge in [-0.2, -0.15) is 0 Å². The van der Waals surface area contributed by atoms with Gasteiger partial charge in [0.2, 0.25) is 0 Å². The number of H-pyrrole nitrogens is 1. The van der Waals surface area contributed by atoms with Gasteiger partial charge in [-0.1, -0.05) is 36.4 Å². The van der Waals surface area contributed by atoms with Crippen molar-refractivity contribution in [1.82, 2.24) is 15.2 Å². The zero-order chi connectivity index (χ0) is 19.3. The van der Waals surface area contributed by atoms with Crippen LogP contribution in [0.5, 0.6) is 0 Å². The summed E-state index contributed by atoms with van der Waals surface area (Å²) in [5, 5.41) is 3.92. The predicted octanol–water partition coefficient (Wildman–Crippen LogP) is 2.18. The van der Waals surface area contributed by atoms with Gasteiger partial charge in [-0.3, -0.25) is 9.59 Å². The van der Waals surface area contributed by atoms with E-state index in [1.54, 1.807) is 4.90 Å². The summed E-state index contributed by atoms with van der Waals surface area (Å²) in [7, 11) is 0. The maximum atomic E-state index is 12.4. The number of para-hydroxylation sites is 2. The topological polar surface area (TPSA) is 68.4 Å². The van der Waals surface area contributed by atoms with Gasteiger partial charge in [0.05, 0.1) is 0 Å². The van der Waals surface area contributed by atoms with Crippen LogP contribution in [0.2, 0.25) is 0 Å². The largest absolute Gasteiger partial charge is 0.368 e. The number of carbonyl (C=O) groups excluding carboxylic acids is 2. The highest BCUT2D eigenvalue weighted by Crippen LogP contribution is 2.18. The number of hydrogen-bond acceptors (Lipinski definition) is 3. The van der Waals surface area contributed by atoms with Crippen molar-refractivity contribution in [2.45, 2.75) is 6.42 Å². The fourth-order valence-electron chi connectivity index (χ4n) is 3.67. The second-order valence-electron chi connectivity index (χ2n) is 6.98. The van der Waals surface area contributed by atoms with Crippen molar-refractivity contribution in [3.8, 4) is 0 Å². The lowest BCUT2D eigenvalue weighted by atomic mass is 10.1. The van der Waals surface area contributed by atoms with Crippen LogP contribution in [0.1, 0.15) is 5.56 Å². The smallest absolute Gasteiger partial charge is 0.312 e. The van der Waals surface area contributed by atoms with Crippen LogP contribution in [0.4, 0.5) is 5.69 Å². The molecule has 0 atom stereocenters. The molecule has 0 saturated carbocycles. The van der Waals surface area contributed by atoms with Crippen molar-refractivity contribution >= 4 is 28.4 Å². The summed E-state index contributed by atoms with van der Waals surface area (Å²) in [4.78, 5) is 31.8. The van der Waals surface area contributed by atoms with Crippen molar-refractivity contribution < 1.29 is 9.59 Å². The van der Waals surface area contributed by atoms with Crippen molar-refractivity contribution in [2.75, 3.05) is 37.6 Å². The molecule has 0 unspecified atom stereocenters. The van der Waals surface area contributed by atoms with Gasteiger partial charge < -0.3 is 20.1 Å². The average molecular weight is 376 g/mol. The van der Waals surface area contributed by atoms with Crippen molar-refractivity contribution in [1.29, 1.82) is 0 Å². The molecule has 0 bridgehead atoms. The maximum absolute atomic E-state index is 12.4. The third-order valence-electron chi connectivity index (χ3n) is 5.24. The molecule has 1 aliphatic heterocycles. The number of amides is 2. The number of nitrogens with one attached hydrogen (secondary N) is 2. The molecule has 3 aromatic rings. The number of nitrogens with zero attached hydrogens (tertiary/aromatic N) is 2. The van der Waals surface area contributed by atoms with E-state index in [1.165, 1.54) is 0 Å². The third-order valence-corrected chi connectivity index (χ3v) is 5.24. The van der Waals surface area contributed by atoms with Crippen molar-refractivity contribution in [3.05, 3.63) is 66.4 Å². The molecule has 0 radical (unpaired) electrons. The summed E-state index contributed by atoms with van der Waals surface area (Å²) in [5.41, 5.74) is 3.37. The van der Waals surface area contributed by atoms with Crippen LogP contribution in [0.25, 0.3) is 10.9 Å². The Morgan fingerprint density at radius 2 is 1.64 bits per heavy atom. The lowest BCUT2D eigenvalue weighted by Crippen LogP contribution is -2.52. The number of piperazine rings is 1. The summed E-state index contributed by atoms with van der Waals surface area (Å²) in [6, 6.07) is 18.2. The van der Waals surface area contributed by atoms with Gasteiger partial charge in [-0.15, -0.1) is 0 Å². The molecule has 4 rings (SSSR count). The summed E-state index contributed by atoms with van der Waals surface area (Å²) < 4.78 is 0. The zero-order valence-corrected chi connectivity index (χ0v) is 15.7. The van der Waals surface area contributed by atoms with Gasteiger partial charge in [0, 0.05) is 55.5 Å². The lowest BCUT2D eigenvalue weighted by Gasteiger charge is -2.35. The average Bonchev–Trinajstić information content (AvgIpc) is 3.17. The first-order valence-electron chi connectivity index (χ1n) is 9.64. The molecule has 2 N–H and O–H groups in total. The van der Waals surface area contributed by atoms with Crippen LogP contribution in [0.3, 0.4) is 0 Å². The van der Waals surface area contributed by atoms with E-state index in [2.05, 4.69) is 33.4 Å². The van der Waals surface area contributed by atoms with Gasteiger partial charge in [-0.05, 0) is 30.2 Å². The van der Waals surface area contributed by atoms with Crippen molar-refractivity contribution in [3.63, 3.8) is 0 Å². The minimum atomic E-state index is -0.520. The van der Waals surface area contributed by atoms with Crippen LogP contribution >= 0.6 is 0 Å². The van der Waals surface area contributed by atoms with E-state index in [4.69, 9.17) is 0 Å². The normalized spacial score (nSPS) is 14.3. The van der Waals surface area contributed by atoms with E-state index < -0.39 is 11.8 Å². The molecule has 0 aliphatic carbocycles. The fraction of sp³-hybridized carbons (Fsp3) is 0.273. The maximum Gasteiger partial charge on any atom is 0.312 e. The summed E-state index contributed by atoms with van der Waals surface area (Å²) in [5.74, 6) is -0.959. The first-order valence-corrected chi connectivity index (χ1v) is 9.64. The molecular formula is C22H24N4O2. The Balaban J connectivity index is 1.25. The van der Waals surface area contributed by atoms with Crippen LogP contribution < -0.4 is 10.2 Å². The molecule has 6 heteroatoms. The van der Waals surface area contributed by atoms with Gasteiger partial charge >= 0.3 is 11.8 Å². The Morgan fingerprint density at radius 3 is 2.43 bits per heavy atom. The molecule has 1 aromatic heterocycles. The second kappa shape index (κ2) is 8.17. The summed E-state index contributed by atoms with van der Waals surface area (Å²) in [6.07, 6.45) is 2.65. The standard InChI is InChI=1S/C22H24N4O2/c27-21(23-11-10-17-16-24-20-9-5-4-8-19(17)20)22(28)26-14-12-25(13-15-26)18-6-2-1-3-7-18/h1-9,16,24H,10-15H2,(H,23,27). The predicted molar refractivity (Wildman–Crippen MR) is 110 cm³/mol. The lowest BCUT2D eigenvalue weighted by molar-refractivity contribution is -0.146. The number of anilines is 1. The molecule has 2 amide bonds. The first kappa shape index (κ1) is 18.1. The minimum absolute atomic E-state index is 0.438. The van der Waals surface area contributed by atoms with Crippen LogP contribution in [-0.4, -0.2) is 54.4 Å². The zero-order valence-electron chi connectivity index (χ0n) is 15.7. The molecule has 1 aliphatic rings.